The van der Waals surface area contributed by atoms with Gasteiger partial charge in [0.25, 0.3) is 5.91 Å². The SMILES string of the molecule is CC[C@@H](CNC(=O)c1cccc(COC)c1)N1CCc2ccccc2C1. The van der Waals surface area contributed by atoms with Gasteiger partial charge in [-0.1, -0.05) is 43.3 Å². The molecule has 0 radical (unpaired) electrons. The van der Waals surface area contributed by atoms with E-state index < -0.39 is 0 Å². The lowest BCUT2D eigenvalue weighted by molar-refractivity contribution is 0.0926. The highest BCUT2D eigenvalue weighted by atomic mass is 16.5. The molecule has 26 heavy (non-hydrogen) atoms. The van der Waals surface area contributed by atoms with Crippen molar-refractivity contribution in [3.8, 4) is 0 Å². The van der Waals surface area contributed by atoms with Crippen molar-refractivity contribution in [3.05, 3.63) is 70.8 Å². The van der Waals surface area contributed by atoms with Crippen molar-refractivity contribution < 1.29 is 9.53 Å². The molecule has 0 spiro atoms. The molecule has 2 aromatic carbocycles. The van der Waals surface area contributed by atoms with E-state index in [0.29, 0.717) is 24.8 Å². The summed E-state index contributed by atoms with van der Waals surface area (Å²) >= 11 is 0. The van der Waals surface area contributed by atoms with Gasteiger partial charge in [-0.05, 0) is 41.7 Å². The van der Waals surface area contributed by atoms with Crippen molar-refractivity contribution >= 4 is 5.91 Å². The predicted molar refractivity (Wildman–Crippen MR) is 104 cm³/mol. The quantitative estimate of drug-likeness (QED) is 0.830. The van der Waals surface area contributed by atoms with Gasteiger partial charge in [-0.15, -0.1) is 0 Å². The molecule has 0 unspecified atom stereocenters. The highest BCUT2D eigenvalue weighted by Gasteiger charge is 2.22. The van der Waals surface area contributed by atoms with Gasteiger partial charge in [0.1, 0.15) is 0 Å². The number of carbonyl (C=O) groups excluding carboxylic acids is 1. The van der Waals surface area contributed by atoms with Gasteiger partial charge in [0.05, 0.1) is 6.61 Å². The summed E-state index contributed by atoms with van der Waals surface area (Å²) in [6.07, 6.45) is 2.10. The van der Waals surface area contributed by atoms with E-state index in [2.05, 4.69) is 41.4 Å². The third kappa shape index (κ3) is 4.51. The standard InChI is InChI=1S/C22H28N2O2/c1-3-21(24-12-11-18-8-4-5-9-20(18)15-24)14-23-22(25)19-10-6-7-17(13-19)16-26-2/h4-10,13,21H,3,11-12,14-16H2,1-2H3,(H,23,25)/t21-/m0/s1. The number of methoxy groups -OCH3 is 1. The zero-order chi connectivity index (χ0) is 18.4. The second-order valence-corrected chi connectivity index (χ2v) is 6.89. The summed E-state index contributed by atoms with van der Waals surface area (Å²) < 4.78 is 5.15. The second kappa shape index (κ2) is 8.97. The normalized spacial score (nSPS) is 15.3. The molecule has 138 valence electrons. The first-order chi connectivity index (χ1) is 12.7. The van der Waals surface area contributed by atoms with E-state index in [1.54, 1.807) is 7.11 Å². The van der Waals surface area contributed by atoms with E-state index >= 15 is 0 Å². The van der Waals surface area contributed by atoms with Crippen LogP contribution in [0.3, 0.4) is 0 Å². The van der Waals surface area contributed by atoms with Crippen molar-refractivity contribution in [2.24, 2.45) is 0 Å². The molecular formula is C22H28N2O2. The fraction of sp³-hybridized carbons (Fsp3) is 0.409. The zero-order valence-corrected chi connectivity index (χ0v) is 15.7. The number of nitrogens with one attached hydrogen (secondary N) is 1. The van der Waals surface area contributed by atoms with Crippen LogP contribution >= 0.6 is 0 Å². The van der Waals surface area contributed by atoms with E-state index in [1.165, 1.54) is 11.1 Å². The number of benzene rings is 2. The fourth-order valence-electron chi connectivity index (χ4n) is 3.64. The first kappa shape index (κ1) is 18.6. The summed E-state index contributed by atoms with van der Waals surface area (Å²) in [6, 6.07) is 16.7. The number of carbonyl (C=O) groups is 1. The minimum Gasteiger partial charge on any atom is -0.380 e. The Kier molecular flexibility index (Phi) is 6.42. The second-order valence-electron chi connectivity index (χ2n) is 6.89. The molecule has 0 saturated carbocycles. The molecule has 1 atom stereocenters. The first-order valence-electron chi connectivity index (χ1n) is 9.38. The number of amides is 1. The molecule has 0 aliphatic carbocycles. The molecule has 4 heteroatoms. The van der Waals surface area contributed by atoms with Crippen LogP contribution < -0.4 is 5.32 Å². The van der Waals surface area contributed by atoms with Gasteiger partial charge in [0.15, 0.2) is 0 Å². The minimum absolute atomic E-state index is 0.0150. The van der Waals surface area contributed by atoms with Crippen molar-refractivity contribution in [3.63, 3.8) is 0 Å². The van der Waals surface area contributed by atoms with Gasteiger partial charge >= 0.3 is 0 Å². The topological polar surface area (TPSA) is 41.6 Å². The maximum Gasteiger partial charge on any atom is 0.251 e. The van der Waals surface area contributed by atoms with Crippen LogP contribution in [0.4, 0.5) is 0 Å². The molecule has 0 saturated heterocycles. The Morgan fingerprint density at radius 3 is 2.77 bits per heavy atom. The number of hydrogen-bond donors (Lipinski definition) is 1. The van der Waals surface area contributed by atoms with Gasteiger partial charge in [0, 0.05) is 38.3 Å². The smallest absolute Gasteiger partial charge is 0.251 e. The number of fused-ring (bicyclic) bond motifs is 1. The third-order valence-electron chi connectivity index (χ3n) is 5.15. The molecule has 0 fully saturated rings. The van der Waals surface area contributed by atoms with E-state index in [0.717, 1.165) is 31.5 Å². The largest absolute Gasteiger partial charge is 0.380 e. The van der Waals surface area contributed by atoms with Gasteiger partial charge in [-0.2, -0.15) is 0 Å². The third-order valence-corrected chi connectivity index (χ3v) is 5.15. The molecule has 1 heterocycles. The number of rotatable bonds is 7. The van der Waals surface area contributed by atoms with Crippen LogP contribution in [-0.2, 0) is 24.3 Å². The molecule has 1 aliphatic rings. The van der Waals surface area contributed by atoms with Crippen molar-refractivity contribution in [1.82, 2.24) is 10.2 Å². The van der Waals surface area contributed by atoms with Crippen LogP contribution in [0.5, 0.6) is 0 Å². The van der Waals surface area contributed by atoms with Crippen LogP contribution in [0.1, 0.15) is 40.4 Å². The molecule has 1 N–H and O–H groups in total. The molecule has 3 rings (SSSR count). The summed E-state index contributed by atoms with van der Waals surface area (Å²) in [5.74, 6) is -0.0150. The Morgan fingerprint density at radius 2 is 2.00 bits per heavy atom. The molecule has 0 bridgehead atoms. The van der Waals surface area contributed by atoms with E-state index in [-0.39, 0.29) is 5.91 Å². The van der Waals surface area contributed by atoms with Crippen molar-refractivity contribution in [2.45, 2.75) is 39.0 Å². The van der Waals surface area contributed by atoms with Crippen LogP contribution in [-0.4, -0.2) is 37.0 Å². The predicted octanol–water partition coefficient (Wildman–Crippen LogP) is 3.40. The summed E-state index contributed by atoms with van der Waals surface area (Å²) in [4.78, 5) is 15.0. The van der Waals surface area contributed by atoms with E-state index in [4.69, 9.17) is 4.74 Å². The summed E-state index contributed by atoms with van der Waals surface area (Å²) in [7, 11) is 1.66. The van der Waals surface area contributed by atoms with Crippen LogP contribution in [0.15, 0.2) is 48.5 Å². The maximum atomic E-state index is 12.5. The van der Waals surface area contributed by atoms with Crippen molar-refractivity contribution in [2.75, 3.05) is 20.2 Å². The highest BCUT2D eigenvalue weighted by Crippen LogP contribution is 2.21. The van der Waals surface area contributed by atoms with Gasteiger partial charge in [-0.3, -0.25) is 9.69 Å². The van der Waals surface area contributed by atoms with E-state index in [1.807, 2.05) is 24.3 Å². The van der Waals surface area contributed by atoms with E-state index in [9.17, 15) is 4.79 Å². The lowest BCUT2D eigenvalue weighted by atomic mass is 9.98. The lowest BCUT2D eigenvalue weighted by Gasteiger charge is -2.35. The van der Waals surface area contributed by atoms with Gasteiger partial charge in [0.2, 0.25) is 0 Å². The Hall–Kier alpha value is -2.17. The number of nitrogens with zero attached hydrogens (tertiary/aromatic N) is 1. The Balaban J connectivity index is 1.59. The number of ether oxygens (including phenoxy) is 1. The Morgan fingerprint density at radius 1 is 1.19 bits per heavy atom. The maximum absolute atomic E-state index is 12.5. The molecule has 4 nitrogen and oxygen atoms in total. The van der Waals surface area contributed by atoms with Gasteiger partial charge in [-0.25, -0.2) is 0 Å². The average molecular weight is 352 g/mol. The number of hydrogen-bond acceptors (Lipinski definition) is 3. The fourth-order valence-corrected chi connectivity index (χ4v) is 3.64. The molecule has 1 amide bonds. The van der Waals surface area contributed by atoms with Crippen LogP contribution in [0, 0.1) is 0 Å². The van der Waals surface area contributed by atoms with Crippen LogP contribution in [0.25, 0.3) is 0 Å². The Labute approximate surface area is 156 Å². The van der Waals surface area contributed by atoms with Crippen molar-refractivity contribution in [1.29, 1.82) is 0 Å². The molecule has 2 aromatic rings. The molecular weight excluding hydrogens is 324 g/mol. The zero-order valence-electron chi connectivity index (χ0n) is 15.7. The minimum atomic E-state index is -0.0150. The van der Waals surface area contributed by atoms with Crippen LogP contribution in [0.2, 0.25) is 0 Å². The molecule has 0 aromatic heterocycles. The average Bonchev–Trinajstić information content (AvgIpc) is 2.68. The molecule has 1 aliphatic heterocycles. The van der Waals surface area contributed by atoms with Gasteiger partial charge < -0.3 is 10.1 Å². The monoisotopic (exact) mass is 352 g/mol. The summed E-state index contributed by atoms with van der Waals surface area (Å²) in [6.45, 7) is 5.40. The summed E-state index contributed by atoms with van der Waals surface area (Å²) in [5.41, 5.74) is 4.58. The Bertz CT molecular complexity index is 744. The highest BCUT2D eigenvalue weighted by molar-refractivity contribution is 5.94. The summed E-state index contributed by atoms with van der Waals surface area (Å²) in [5, 5.41) is 3.12. The lowest BCUT2D eigenvalue weighted by Crippen LogP contribution is -2.45. The first-order valence-corrected chi connectivity index (χ1v) is 9.38.